The third kappa shape index (κ3) is 6.12. The molecule has 2 rings (SSSR count). The van der Waals surface area contributed by atoms with Crippen LogP contribution in [0.25, 0.3) is 0 Å². The lowest BCUT2D eigenvalue weighted by atomic mass is 10.1. The number of hydrogen-bond acceptors (Lipinski definition) is 3. The zero-order valence-corrected chi connectivity index (χ0v) is 17.0. The van der Waals surface area contributed by atoms with E-state index in [4.69, 9.17) is 4.74 Å². The Hall–Kier alpha value is -2.82. The normalized spacial score (nSPS) is 11.5. The molecule has 0 aromatic heterocycles. The molecule has 150 valence electrons. The standard InChI is InChI=1S/C23H30N2O3/c1-4-18-12-14-20(15-13-18)28-17-22(26)25(16-19-10-8-7-9-11-19)21(5-2)23(27)24-6-3/h7-15,21H,4-6,16-17H2,1-3H3,(H,24,27)/t21-/m0/s1. The van der Waals surface area contributed by atoms with Crippen molar-refractivity contribution in [2.45, 2.75) is 46.2 Å². The first-order valence-electron chi connectivity index (χ1n) is 9.91. The lowest BCUT2D eigenvalue weighted by Gasteiger charge is -2.30. The van der Waals surface area contributed by atoms with Gasteiger partial charge in [-0.05, 0) is 43.0 Å². The minimum absolute atomic E-state index is 0.103. The molecule has 0 saturated heterocycles. The van der Waals surface area contributed by atoms with E-state index >= 15 is 0 Å². The topological polar surface area (TPSA) is 58.6 Å². The van der Waals surface area contributed by atoms with Crippen LogP contribution in [-0.2, 0) is 22.6 Å². The van der Waals surface area contributed by atoms with Crippen LogP contribution in [0.4, 0.5) is 0 Å². The van der Waals surface area contributed by atoms with Crippen molar-refractivity contribution in [2.24, 2.45) is 0 Å². The van der Waals surface area contributed by atoms with Gasteiger partial charge in [-0.25, -0.2) is 0 Å². The monoisotopic (exact) mass is 382 g/mol. The summed E-state index contributed by atoms with van der Waals surface area (Å²) in [6.45, 7) is 6.67. The average molecular weight is 383 g/mol. The van der Waals surface area contributed by atoms with Gasteiger partial charge in [0, 0.05) is 13.1 Å². The summed E-state index contributed by atoms with van der Waals surface area (Å²) in [5.41, 5.74) is 2.19. The molecule has 2 aromatic rings. The Morgan fingerprint density at radius 3 is 2.21 bits per heavy atom. The minimum Gasteiger partial charge on any atom is -0.484 e. The van der Waals surface area contributed by atoms with Crippen LogP contribution in [0.5, 0.6) is 5.75 Å². The highest BCUT2D eigenvalue weighted by Gasteiger charge is 2.28. The summed E-state index contributed by atoms with van der Waals surface area (Å²) in [6, 6.07) is 16.9. The first kappa shape index (κ1) is 21.5. The fourth-order valence-electron chi connectivity index (χ4n) is 3.04. The maximum absolute atomic E-state index is 13.0. The van der Waals surface area contributed by atoms with Gasteiger partial charge >= 0.3 is 0 Å². The molecular weight excluding hydrogens is 352 g/mol. The smallest absolute Gasteiger partial charge is 0.261 e. The summed E-state index contributed by atoms with van der Waals surface area (Å²) in [7, 11) is 0. The number of likely N-dealkylation sites (N-methyl/N-ethyl adjacent to an activating group) is 1. The lowest BCUT2D eigenvalue weighted by Crippen LogP contribution is -2.50. The van der Waals surface area contributed by atoms with Crippen molar-refractivity contribution in [1.29, 1.82) is 0 Å². The van der Waals surface area contributed by atoms with Gasteiger partial charge < -0.3 is 15.0 Å². The summed E-state index contributed by atoms with van der Waals surface area (Å²) < 4.78 is 5.70. The molecule has 2 aromatic carbocycles. The van der Waals surface area contributed by atoms with E-state index in [2.05, 4.69) is 12.2 Å². The first-order chi connectivity index (χ1) is 13.6. The Kier molecular flexibility index (Phi) is 8.53. The highest BCUT2D eigenvalue weighted by Crippen LogP contribution is 2.15. The number of nitrogens with one attached hydrogen (secondary N) is 1. The highest BCUT2D eigenvalue weighted by molar-refractivity contribution is 5.88. The number of carbonyl (C=O) groups excluding carboxylic acids is 2. The number of rotatable bonds is 10. The fourth-order valence-corrected chi connectivity index (χ4v) is 3.04. The minimum atomic E-state index is -0.529. The molecule has 0 bridgehead atoms. The summed E-state index contributed by atoms with van der Waals surface area (Å²) in [5.74, 6) is 0.305. The van der Waals surface area contributed by atoms with E-state index in [1.165, 1.54) is 5.56 Å². The van der Waals surface area contributed by atoms with Crippen LogP contribution in [0.15, 0.2) is 54.6 Å². The van der Waals surface area contributed by atoms with Crippen molar-refractivity contribution < 1.29 is 14.3 Å². The maximum atomic E-state index is 13.0. The van der Waals surface area contributed by atoms with Crippen LogP contribution in [0.1, 0.15) is 38.3 Å². The summed E-state index contributed by atoms with van der Waals surface area (Å²) in [5, 5.41) is 2.83. The van der Waals surface area contributed by atoms with Crippen molar-refractivity contribution in [3.05, 3.63) is 65.7 Å². The van der Waals surface area contributed by atoms with Crippen LogP contribution in [0.3, 0.4) is 0 Å². The van der Waals surface area contributed by atoms with E-state index < -0.39 is 6.04 Å². The molecule has 2 amide bonds. The molecule has 0 radical (unpaired) electrons. The molecule has 0 aliphatic heterocycles. The molecule has 0 aliphatic carbocycles. The van der Waals surface area contributed by atoms with Crippen molar-refractivity contribution in [3.63, 3.8) is 0 Å². The second-order valence-electron chi connectivity index (χ2n) is 6.61. The summed E-state index contributed by atoms with van der Waals surface area (Å²) in [4.78, 5) is 27.1. The van der Waals surface area contributed by atoms with Gasteiger partial charge in [0.2, 0.25) is 5.91 Å². The summed E-state index contributed by atoms with van der Waals surface area (Å²) >= 11 is 0. The van der Waals surface area contributed by atoms with E-state index in [1.54, 1.807) is 4.90 Å². The lowest BCUT2D eigenvalue weighted by molar-refractivity contribution is -0.142. The third-order valence-electron chi connectivity index (χ3n) is 4.63. The molecule has 0 spiro atoms. The molecule has 1 N–H and O–H groups in total. The average Bonchev–Trinajstić information content (AvgIpc) is 2.73. The fraction of sp³-hybridized carbons (Fsp3) is 0.391. The third-order valence-corrected chi connectivity index (χ3v) is 4.63. The second kappa shape index (κ2) is 11.1. The quantitative estimate of drug-likeness (QED) is 0.683. The van der Waals surface area contributed by atoms with Crippen molar-refractivity contribution >= 4 is 11.8 Å². The number of ether oxygens (including phenoxy) is 1. The van der Waals surface area contributed by atoms with Gasteiger partial charge in [0.05, 0.1) is 0 Å². The molecule has 0 saturated carbocycles. The first-order valence-corrected chi connectivity index (χ1v) is 9.91. The van der Waals surface area contributed by atoms with Crippen molar-refractivity contribution in [1.82, 2.24) is 10.2 Å². The van der Waals surface area contributed by atoms with E-state index in [0.717, 1.165) is 12.0 Å². The Morgan fingerprint density at radius 1 is 0.964 bits per heavy atom. The molecule has 5 heteroatoms. The van der Waals surface area contributed by atoms with Gasteiger partial charge in [0.15, 0.2) is 6.61 Å². The molecule has 1 atom stereocenters. The van der Waals surface area contributed by atoms with Crippen molar-refractivity contribution in [2.75, 3.05) is 13.2 Å². The zero-order valence-electron chi connectivity index (χ0n) is 17.0. The maximum Gasteiger partial charge on any atom is 0.261 e. The van der Waals surface area contributed by atoms with Gasteiger partial charge in [-0.15, -0.1) is 0 Å². The van der Waals surface area contributed by atoms with Crippen LogP contribution < -0.4 is 10.1 Å². The van der Waals surface area contributed by atoms with Gasteiger partial charge in [-0.2, -0.15) is 0 Å². The highest BCUT2D eigenvalue weighted by atomic mass is 16.5. The molecule has 0 aliphatic rings. The van der Waals surface area contributed by atoms with E-state index in [1.807, 2.05) is 68.4 Å². The molecular formula is C23H30N2O3. The molecule has 0 unspecified atom stereocenters. The predicted octanol–water partition coefficient (Wildman–Crippen LogP) is 3.57. The number of aryl methyl sites for hydroxylation is 1. The van der Waals surface area contributed by atoms with E-state index in [0.29, 0.717) is 25.3 Å². The van der Waals surface area contributed by atoms with Crippen LogP contribution in [-0.4, -0.2) is 35.9 Å². The van der Waals surface area contributed by atoms with Crippen molar-refractivity contribution in [3.8, 4) is 5.75 Å². The molecule has 0 heterocycles. The Balaban J connectivity index is 2.13. The number of benzene rings is 2. The van der Waals surface area contributed by atoms with Crippen LogP contribution >= 0.6 is 0 Å². The van der Waals surface area contributed by atoms with Gasteiger partial charge in [0.1, 0.15) is 11.8 Å². The van der Waals surface area contributed by atoms with Gasteiger partial charge in [-0.1, -0.05) is 56.3 Å². The number of amides is 2. The van der Waals surface area contributed by atoms with Crippen LogP contribution in [0.2, 0.25) is 0 Å². The molecule has 28 heavy (non-hydrogen) atoms. The molecule has 0 fully saturated rings. The predicted molar refractivity (Wildman–Crippen MR) is 111 cm³/mol. The SMILES string of the molecule is CCNC(=O)[C@H](CC)N(Cc1ccccc1)C(=O)COc1ccc(CC)cc1. The van der Waals surface area contributed by atoms with Crippen LogP contribution in [0, 0.1) is 0 Å². The number of carbonyl (C=O) groups is 2. The molecule has 5 nitrogen and oxygen atoms in total. The zero-order chi connectivity index (χ0) is 20.4. The second-order valence-corrected chi connectivity index (χ2v) is 6.61. The number of hydrogen-bond donors (Lipinski definition) is 1. The Morgan fingerprint density at radius 2 is 1.64 bits per heavy atom. The number of nitrogens with zero attached hydrogens (tertiary/aromatic N) is 1. The Labute approximate surface area is 167 Å². The van der Waals surface area contributed by atoms with Gasteiger partial charge in [-0.3, -0.25) is 9.59 Å². The van der Waals surface area contributed by atoms with Gasteiger partial charge in [0.25, 0.3) is 5.91 Å². The van der Waals surface area contributed by atoms with E-state index in [9.17, 15) is 9.59 Å². The van der Waals surface area contributed by atoms with E-state index in [-0.39, 0.29) is 18.4 Å². The largest absolute Gasteiger partial charge is 0.484 e. The summed E-state index contributed by atoms with van der Waals surface area (Å²) in [6.07, 6.45) is 1.49. The Bertz CT molecular complexity index is 744.